The zero-order valence-electron chi connectivity index (χ0n) is 17.6. The Kier molecular flexibility index (Phi) is 7.96. The molecule has 0 aromatic heterocycles. The molecule has 36 heavy (non-hydrogen) atoms. The van der Waals surface area contributed by atoms with Gasteiger partial charge in [0, 0.05) is 13.0 Å². The second kappa shape index (κ2) is 8.99. The fourth-order valence-corrected chi connectivity index (χ4v) is 2.92. The Bertz CT molecular complexity index is 837. The van der Waals surface area contributed by atoms with Crippen LogP contribution in [-0.2, 0) is 14.3 Å². The number of carboxylic acids is 1. The monoisotopic (exact) mass is 567 g/mol. The van der Waals surface area contributed by atoms with E-state index in [1.54, 1.807) is 0 Å². The van der Waals surface area contributed by atoms with Crippen LogP contribution in [0.3, 0.4) is 0 Å². The Hall–Kier alpha value is -2.16. The second-order valence-corrected chi connectivity index (χ2v) is 8.05. The van der Waals surface area contributed by atoms with Crippen molar-refractivity contribution < 1.29 is 85.4 Å². The average molecular weight is 567 g/mol. The predicted octanol–water partition coefficient (Wildman–Crippen LogP) is 1.89. The molecule has 0 bridgehead atoms. The summed E-state index contributed by atoms with van der Waals surface area (Å²) in [6.07, 6.45) is -22.1. The summed E-state index contributed by atoms with van der Waals surface area (Å²) in [5.74, 6) is -5.32. The van der Waals surface area contributed by atoms with Gasteiger partial charge >= 0.3 is 42.2 Å². The third kappa shape index (κ3) is 5.13. The van der Waals surface area contributed by atoms with Gasteiger partial charge in [0.05, 0.1) is 26.6 Å². The Labute approximate surface area is 191 Å². The summed E-state index contributed by atoms with van der Waals surface area (Å²) in [6, 6.07) is -22.7. The zero-order valence-corrected chi connectivity index (χ0v) is 17.6. The topological polar surface area (TPSA) is 81.7 Å². The Morgan fingerprint density at radius 1 is 0.889 bits per heavy atom. The van der Waals surface area contributed by atoms with Crippen LogP contribution in [0.25, 0.3) is 0 Å². The van der Waals surface area contributed by atoms with Gasteiger partial charge in [0.15, 0.2) is 0 Å². The highest BCUT2D eigenvalue weighted by molar-refractivity contribution is 5.87. The predicted molar refractivity (Wildman–Crippen MR) is 82.0 cm³/mol. The third-order valence-electron chi connectivity index (χ3n) is 4.70. The Morgan fingerprint density at radius 3 is 1.67 bits per heavy atom. The van der Waals surface area contributed by atoms with E-state index in [0.29, 0.717) is 0 Å². The zero-order chi connectivity index (χ0) is 29.0. The number of alkyl halides is 14. The fourth-order valence-electron chi connectivity index (χ4n) is 2.92. The van der Waals surface area contributed by atoms with Crippen LogP contribution in [0.4, 0.5) is 61.5 Å². The summed E-state index contributed by atoms with van der Waals surface area (Å²) in [5, 5.41) is 11.3. The van der Waals surface area contributed by atoms with Gasteiger partial charge in [-0.15, -0.1) is 4.90 Å². The molecule has 1 unspecified atom stereocenters. The average Bonchev–Trinajstić information content (AvgIpc) is 2.59. The summed E-state index contributed by atoms with van der Waals surface area (Å²) in [5.41, 5.74) is -7.23. The minimum Gasteiger partial charge on any atom is -0.544 e. The van der Waals surface area contributed by atoms with Gasteiger partial charge in [-0.1, -0.05) is 0 Å². The van der Waals surface area contributed by atoms with Gasteiger partial charge in [-0.3, -0.25) is 4.79 Å². The van der Waals surface area contributed by atoms with Gasteiger partial charge in [0.2, 0.25) is 0 Å². The van der Waals surface area contributed by atoms with Gasteiger partial charge in [-0.05, 0) is 0 Å². The highest BCUT2D eigenvalue weighted by Crippen LogP contribution is 2.62. The molecule has 0 aromatic carbocycles. The first-order valence-electron chi connectivity index (χ1n) is 9.07. The van der Waals surface area contributed by atoms with E-state index in [-0.39, 0.29) is 0 Å². The van der Waals surface area contributed by atoms with E-state index in [9.17, 15) is 76.2 Å². The van der Waals surface area contributed by atoms with Gasteiger partial charge in [0.1, 0.15) is 6.54 Å². The maximum atomic E-state index is 14.7. The van der Waals surface area contributed by atoms with Crippen molar-refractivity contribution in [3.63, 3.8) is 0 Å². The van der Waals surface area contributed by atoms with Gasteiger partial charge < -0.3 is 19.7 Å². The molecule has 1 aliphatic rings. The van der Waals surface area contributed by atoms with E-state index < -0.39 is 89.5 Å². The first-order chi connectivity index (χ1) is 15.6. The molecule has 1 aliphatic heterocycles. The largest absolute Gasteiger partial charge is 0.544 e. The third-order valence-corrected chi connectivity index (χ3v) is 4.70. The molecule has 0 aliphatic carbocycles. The highest BCUT2D eigenvalue weighted by Gasteiger charge is 2.92. The van der Waals surface area contributed by atoms with Gasteiger partial charge in [-0.2, -0.15) is 57.1 Å². The number of hydrogen-bond donors (Lipinski definition) is 1. The quantitative estimate of drug-likeness (QED) is 0.199. The van der Waals surface area contributed by atoms with Crippen LogP contribution < -0.4 is 10.4 Å². The van der Waals surface area contributed by atoms with Gasteiger partial charge in [-0.25, -0.2) is 9.13 Å². The summed E-state index contributed by atoms with van der Waals surface area (Å²) >= 11 is 0. The number of likely N-dealkylation sites (N-methyl/N-ethyl adjacent to an activating group) is 1. The molecule has 212 valence electrons. The highest BCUT2D eigenvalue weighted by atomic mass is 19.4. The lowest BCUT2D eigenvalue weighted by atomic mass is 9.98. The van der Waals surface area contributed by atoms with Crippen molar-refractivity contribution in [1.82, 2.24) is 10.2 Å². The molecule has 21 heteroatoms. The van der Waals surface area contributed by atoms with E-state index in [1.807, 2.05) is 4.74 Å². The van der Waals surface area contributed by atoms with Crippen molar-refractivity contribution in [3.05, 3.63) is 0 Å². The molecule has 1 fully saturated rings. The molecule has 1 rings (SSSR count). The minimum absolute atomic E-state index is 0.395. The molecule has 0 aromatic rings. The number of ether oxygens (including phenoxy) is 1. The Balaban J connectivity index is 3.45. The first kappa shape index (κ1) is 31.9. The van der Waals surface area contributed by atoms with Gasteiger partial charge in [0.25, 0.3) is 5.91 Å². The lowest BCUT2D eigenvalue weighted by molar-refractivity contribution is -0.884. The standard InChI is InChI=1S/C15H15F14N3O4/c1-32(2,6-7(33)34)5-3-4-30-8(35)9(16,10(17,18)19)11(20,21)31-12(22,23)14(26,27)36-15(28,29)13(31,24)25/h3-6H2,1-2H3,(H-,30,33,34,35). The normalized spacial score (nSPS) is 23.6. The fraction of sp³-hybridized carbons (Fsp3) is 0.867. The number of carbonyl (C=O) groups is 2. The van der Waals surface area contributed by atoms with E-state index in [2.05, 4.69) is 0 Å². The molecule has 1 heterocycles. The maximum absolute atomic E-state index is 14.7. The van der Waals surface area contributed by atoms with Crippen LogP contribution in [0.1, 0.15) is 6.42 Å². The number of nitrogens with zero attached hydrogens (tertiary/aromatic N) is 2. The van der Waals surface area contributed by atoms with Crippen molar-refractivity contribution in [3.8, 4) is 0 Å². The molecule has 7 nitrogen and oxygen atoms in total. The number of aliphatic carboxylic acids is 1. The van der Waals surface area contributed by atoms with Crippen LogP contribution in [0.15, 0.2) is 0 Å². The molecule has 0 spiro atoms. The van der Waals surface area contributed by atoms with Crippen LogP contribution >= 0.6 is 0 Å². The van der Waals surface area contributed by atoms with Crippen molar-refractivity contribution in [1.29, 1.82) is 0 Å². The molecule has 1 saturated heterocycles. The number of morpholine rings is 1. The molecular formula is C15H15F14N3O4. The van der Waals surface area contributed by atoms with E-state index >= 15 is 0 Å². The van der Waals surface area contributed by atoms with Crippen molar-refractivity contribution in [2.75, 3.05) is 33.7 Å². The number of halogens is 14. The summed E-state index contributed by atoms with van der Waals surface area (Å²) < 4.78 is 192. The van der Waals surface area contributed by atoms with Crippen LogP contribution in [-0.4, -0.2) is 97.2 Å². The number of rotatable bonds is 9. The van der Waals surface area contributed by atoms with Crippen LogP contribution in [0.5, 0.6) is 0 Å². The number of hydrogen-bond acceptors (Lipinski definition) is 5. The number of quaternary nitrogens is 1. The lowest BCUT2D eigenvalue weighted by Crippen LogP contribution is -2.83. The summed E-state index contributed by atoms with van der Waals surface area (Å²) in [6.45, 7) is -2.38. The maximum Gasteiger partial charge on any atom is 0.439 e. The van der Waals surface area contributed by atoms with Crippen molar-refractivity contribution in [2.45, 2.75) is 48.6 Å². The number of carbonyl (C=O) groups excluding carboxylic acids is 2. The number of carboxylic acid groups (broad SMARTS) is 1. The molecule has 1 atom stereocenters. The first-order valence-corrected chi connectivity index (χ1v) is 9.07. The molecule has 1 N–H and O–H groups in total. The number of nitrogens with one attached hydrogen (secondary N) is 1. The molecular weight excluding hydrogens is 552 g/mol. The van der Waals surface area contributed by atoms with Crippen molar-refractivity contribution >= 4 is 11.9 Å². The van der Waals surface area contributed by atoms with Crippen LogP contribution in [0, 0.1) is 0 Å². The Morgan fingerprint density at radius 2 is 1.31 bits per heavy atom. The summed E-state index contributed by atoms with van der Waals surface area (Å²) in [4.78, 5) is 18.2. The van der Waals surface area contributed by atoms with Crippen LogP contribution in [0.2, 0.25) is 0 Å². The number of amides is 1. The summed E-state index contributed by atoms with van der Waals surface area (Å²) in [7, 11) is 2.37. The second-order valence-electron chi connectivity index (χ2n) is 8.05. The molecule has 0 saturated carbocycles. The molecule has 1 amide bonds. The van der Waals surface area contributed by atoms with Crippen molar-refractivity contribution in [2.24, 2.45) is 0 Å². The van der Waals surface area contributed by atoms with E-state index in [1.165, 1.54) is 14.1 Å². The van der Waals surface area contributed by atoms with E-state index in [0.717, 1.165) is 5.32 Å². The SMILES string of the molecule is C[N+](C)(CCCNC(=O)C(F)(C(F)(F)F)C(F)(F)N1C(F)(F)C(F)(F)OC(F)(F)C1(F)F)CC(=O)[O-]. The lowest BCUT2D eigenvalue weighted by Gasteiger charge is -2.51. The minimum atomic E-state index is -7.82. The molecule has 0 radical (unpaired) electrons. The smallest absolute Gasteiger partial charge is 0.439 e. The van der Waals surface area contributed by atoms with E-state index in [4.69, 9.17) is 0 Å².